The summed E-state index contributed by atoms with van der Waals surface area (Å²) in [6.07, 6.45) is -2.67. The maximum Gasteiger partial charge on any atom is 0.263 e. The molecule has 1 aliphatic rings. The van der Waals surface area contributed by atoms with Crippen LogP contribution >= 0.6 is 0 Å². The standard InChI is InChI=1S/C33H25F3N4O5S/c1-3-46(42,43)39-24-15-28-21(29(33(41)37-2)31(45-28)17-7-9-18(10-8-17)32(35)36)13-20(24)23-11-12-27-30(38-23)26-14-19-22(34)5-4-6-25(19)40(26)16-44-27/h4-15,32,39H,3,16H2,1-2H3,(H,37,41). The zero-order chi connectivity index (χ0) is 32.3. The third-order valence-electron chi connectivity index (χ3n) is 7.97. The van der Waals surface area contributed by atoms with Crippen LogP contribution in [0.5, 0.6) is 5.75 Å². The van der Waals surface area contributed by atoms with E-state index in [0.717, 1.165) is 0 Å². The van der Waals surface area contributed by atoms with Crippen LogP contribution in [0.4, 0.5) is 18.9 Å². The predicted molar refractivity (Wildman–Crippen MR) is 168 cm³/mol. The van der Waals surface area contributed by atoms with Gasteiger partial charge in [-0.15, -0.1) is 0 Å². The molecule has 0 radical (unpaired) electrons. The molecule has 0 saturated heterocycles. The van der Waals surface area contributed by atoms with Crippen molar-refractivity contribution in [3.63, 3.8) is 0 Å². The number of anilines is 1. The molecule has 2 N–H and O–H groups in total. The van der Waals surface area contributed by atoms with Gasteiger partial charge in [-0.25, -0.2) is 26.6 Å². The van der Waals surface area contributed by atoms with E-state index in [1.165, 1.54) is 50.4 Å². The van der Waals surface area contributed by atoms with E-state index in [4.69, 9.17) is 14.1 Å². The summed E-state index contributed by atoms with van der Waals surface area (Å²) in [7, 11) is -2.34. The number of benzene rings is 3. The smallest absolute Gasteiger partial charge is 0.263 e. The van der Waals surface area contributed by atoms with E-state index >= 15 is 0 Å². The molecule has 7 rings (SSSR count). The first-order chi connectivity index (χ1) is 22.1. The lowest BCUT2D eigenvalue weighted by molar-refractivity contribution is 0.0964. The van der Waals surface area contributed by atoms with Crippen molar-refractivity contribution < 1.29 is 35.5 Å². The maximum absolute atomic E-state index is 14.7. The van der Waals surface area contributed by atoms with E-state index in [2.05, 4.69) is 10.0 Å². The van der Waals surface area contributed by atoms with Crippen molar-refractivity contribution in [2.24, 2.45) is 0 Å². The molecule has 3 aromatic heterocycles. The zero-order valence-corrected chi connectivity index (χ0v) is 25.2. The summed E-state index contributed by atoms with van der Waals surface area (Å²) in [5.41, 5.74) is 2.97. The topological polar surface area (TPSA) is 115 Å². The summed E-state index contributed by atoms with van der Waals surface area (Å²) >= 11 is 0. The van der Waals surface area contributed by atoms with Crippen molar-refractivity contribution in [3.05, 3.63) is 89.7 Å². The molecule has 0 bridgehead atoms. The Morgan fingerprint density at radius 1 is 1.04 bits per heavy atom. The number of sulfonamides is 1. The molecule has 13 heteroatoms. The van der Waals surface area contributed by atoms with Gasteiger partial charge in [-0.05, 0) is 43.3 Å². The summed E-state index contributed by atoms with van der Waals surface area (Å²) in [5.74, 6) is -0.529. The van der Waals surface area contributed by atoms with Crippen LogP contribution in [0.15, 0.2) is 77.2 Å². The number of aromatic nitrogens is 2. The van der Waals surface area contributed by atoms with Gasteiger partial charge in [0.2, 0.25) is 10.0 Å². The number of pyridine rings is 1. The first kappa shape index (κ1) is 29.4. The fourth-order valence-corrected chi connectivity index (χ4v) is 6.27. The zero-order valence-electron chi connectivity index (χ0n) is 24.4. The van der Waals surface area contributed by atoms with Gasteiger partial charge < -0.3 is 19.0 Å². The molecule has 1 aliphatic heterocycles. The third kappa shape index (κ3) is 4.83. The maximum atomic E-state index is 14.7. The van der Waals surface area contributed by atoms with Gasteiger partial charge in [0.15, 0.2) is 6.73 Å². The minimum absolute atomic E-state index is 0.120. The fraction of sp³-hybridized carbons (Fsp3) is 0.152. The number of hydrogen-bond donors (Lipinski definition) is 2. The number of fused-ring (bicyclic) bond motifs is 6. The molecular formula is C33H25F3N4O5S. The molecule has 1 amide bonds. The average Bonchev–Trinajstić information content (AvgIpc) is 3.63. The van der Waals surface area contributed by atoms with E-state index in [9.17, 15) is 26.4 Å². The highest BCUT2D eigenvalue weighted by Crippen LogP contribution is 2.43. The van der Waals surface area contributed by atoms with E-state index < -0.39 is 22.4 Å². The van der Waals surface area contributed by atoms with Crippen molar-refractivity contribution in [1.29, 1.82) is 0 Å². The highest BCUT2D eigenvalue weighted by Gasteiger charge is 2.27. The van der Waals surface area contributed by atoms with Gasteiger partial charge in [0.25, 0.3) is 12.3 Å². The van der Waals surface area contributed by atoms with Crippen molar-refractivity contribution in [1.82, 2.24) is 14.9 Å². The Morgan fingerprint density at radius 3 is 2.54 bits per heavy atom. The Kier molecular flexibility index (Phi) is 7.00. The third-order valence-corrected chi connectivity index (χ3v) is 9.26. The lowest BCUT2D eigenvalue weighted by Gasteiger charge is -2.21. The molecule has 0 atom stereocenters. The Morgan fingerprint density at radius 2 is 1.83 bits per heavy atom. The van der Waals surface area contributed by atoms with Crippen molar-refractivity contribution in [2.75, 3.05) is 17.5 Å². The molecule has 234 valence electrons. The highest BCUT2D eigenvalue weighted by molar-refractivity contribution is 7.92. The van der Waals surface area contributed by atoms with Crippen LogP contribution in [0.1, 0.15) is 29.3 Å². The minimum Gasteiger partial charge on any atom is -0.470 e. The Balaban J connectivity index is 1.46. The Labute approximate surface area is 260 Å². The van der Waals surface area contributed by atoms with Crippen LogP contribution in [0.2, 0.25) is 0 Å². The molecule has 0 unspecified atom stereocenters. The van der Waals surface area contributed by atoms with Gasteiger partial charge in [0.1, 0.15) is 28.6 Å². The van der Waals surface area contributed by atoms with Gasteiger partial charge in [-0.1, -0.05) is 30.3 Å². The molecule has 3 aromatic carbocycles. The van der Waals surface area contributed by atoms with Crippen molar-refractivity contribution in [2.45, 2.75) is 20.1 Å². The molecular weight excluding hydrogens is 621 g/mol. The molecule has 0 saturated carbocycles. The second kappa shape index (κ2) is 10.9. The summed E-state index contributed by atoms with van der Waals surface area (Å²) in [6.45, 7) is 1.64. The predicted octanol–water partition coefficient (Wildman–Crippen LogP) is 7.33. The molecule has 6 aromatic rings. The lowest BCUT2D eigenvalue weighted by Crippen LogP contribution is -2.18. The molecule has 4 heterocycles. The molecule has 0 fully saturated rings. The number of hydrogen-bond acceptors (Lipinski definition) is 6. The number of halogens is 3. The normalized spacial score (nSPS) is 12.7. The minimum atomic E-state index is -3.79. The van der Waals surface area contributed by atoms with Gasteiger partial charge in [0.05, 0.1) is 33.9 Å². The number of amides is 1. The lowest BCUT2D eigenvalue weighted by atomic mass is 10.00. The summed E-state index contributed by atoms with van der Waals surface area (Å²) in [6, 6.07) is 18.2. The van der Waals surface area contributed by atoms with Crippen LogP contribution < -0.4 is 14.8 Å². The van der Waals surface area contributed by atoms with Crippen LogP contribution in [-0.2, 0) is 16.8 Å². The van der Waals surface area contributed by atoms with Crippen molar-refractivity contribution in [3.8, 4) is 39.7 Å². The average molecular weight is 647 g/mol. The largest absolute Gasteiger partial charge is 0.470 e. The van der Waals surface area contributed by atoms with Crippen molar-refractivity contribution >= 4 is 43.5 Å². The van der Waals surface area contributed by atoms with E-state index in [1.807, 2.05) is 0 Å². The monoisotopic (exact) mass is 646 g/mol. The second-order valence-electron chi connectivity index (χ2n) is 10.7. The SMILES string of the molecule is CCS(=O)(=O)Nc1cc2oc(-c3ccc(C(F)F)cc3)c(C(=O)NC)c2cc1-c1ccc2c(n1)-c1cc3c(F)cccc3n1CO2. The summed E-state index contributed by atoms with van der Waals surface area (Å²) in [5, 5.41) is 3.34. The molecule has 46 heavy (non-hydrogen) atoms. The van der Waals surface area contributed by atoms with Crippen LogP contribution in [0, 0.1) is 5.82 Å². The van der Waals surface area contributed by atoms with Crippen LogP contribution in [0.3, 0.4) is 0 Å². The van der Waals surface area contributed by atoms with E-state index in [-0.39, 0.29) is 46.5 Å². The number of rotatable bonds is 7. The number of nitrogens with one attached hydrogen (secondary N) is 2. The number of carbonyl (C=O) groups is 1. The van der Waals surface area contributed by atoms with Gasteiger partial charge in [-0.3, -0.25) is 9.52 Å². The Bertz CT molecular complexity index is 2300. The van der Waals surface area contributed by atoms with Gasteiger partial charge in [-0.2, -0.15) is 0 Å². The second-order valence-corrected chi connectivity index (χ2v) is 12.7. The van der Waals surface area contributed by atoms with Gasteiger partial charge >= 0.3 is 0 Å². The molecule has 9 nitrogen and oxygen atoms in total. The summed E-state index contributed by atoms with van der Waals surface area (Å²) < 4.78 is 83.2. The quantitative estimate of drug-likeness (QED) is 0.188. The van der Waals surface area contributed by atoms with E-state index in [0.29, 0.717) is 50.2 Å². The highest BCUT2D eigenvalue weighted by atomic mass is 32.2. The fourth-order valence-electron chi connectivity index (χ4n) is 5.63. The first-order valence-corrected chi connectivity index (χ1v) is 15.9. The number of nitrogens with zero attached hydrogens (tertiary/aromatic N) is 2. The van der Waals surface area contributed by atoms with Crippen LogP contribution in [0.25, 0.3) is 55.8 Å². The molecule has 0 spiro atoms. The number of furan rings is 1. The summed E-state index contributed by atoms with van der Waals surface area (Å²) in [4.78, 5) is 18.1. The number of alkyl halides is 2. The molecule has 0 aliphatic carbocycles. The Hall–Kier alpha value is -5.30. The number of carbonyl (C=O) groups excluding carboxylic acids is 1. The first-order valence-electron chi connectivity index (χ1n) is 14.2. The van der Waals surface area contributed by atoms with Crippen LogP contribution in [-0.4, -0.2) is 36.7 Å². The van der Waals surface area contributed by atoms with E-state index in [1.54, 1.807) is 41.0 Å². The number of ether oxygens (including phenoxy) is 1. The van der Waals surface area contributed by atoms with Gasteiger partial charge in [0, 0.05) is 40.6 Å².